The van der Waals surface area contributed by atoms with Crippen LogP contribution in [0.1, 0.15) is 38.1 Å². The van der Waals surface area contributed by atoms with E-state index >= 15 is 0 Å². The summed E-state index contributed by atoms with van der Waals surface area (Å²) in [5.41, 5.74) is 0. The Labute approximate surface area is 127 Å². The molecule has 6 nitrogen and oxygen atoms in total. The molecular formula is C14H20N2O4S. The molecule has 0 saturated carbocycles. The van der Waals surface area contributed by atoms with Crippen molar-refractivity contribution in [1.29, 1.82) is 0 Å². The number of aliphatic carboxylic acids is 1. The number of hydrogen-bond acceptors (Lipinski definition) is 4. The van der Waals surface area contributed by atoms with Gasteiger partial charge in [-0.05, 0) is 25.3 Å². The maximum Gasteiger partial charge on any atom is 0.308 e. The van der Waals surface area contributed by atoms with Crippen LogP contribution in [-0.4, -0.2) is 28.9 Å². The predicted octanol–water partition coefficient (Wildman–Crippen LogP) is 1.54. The Kier molecular flexibility index (Phi) is 6.36. The lowest BCUT2D eigenvalue weighted by molar-refractivity contribution is -0.142. The first-order valence-electron chi connectivity index (χ1n) is 6.64. The Bertz CT molecular complexity index is 501. The van der Waals surface area contributed by atoms with Crippen LogP contribution in [0.5, 0.6) is 0 Å². The highest BCUT2D eigenvalue weighted by molar-refractivity contribution is 7.10. The first-order valence-corrected chi connectivity index (χ1v) is 7.52. The maximum atomic E-state index is 12.0. The zero-order valence-electron chi connectivity index (χ0n) is 12.3. The Hall–Kier alpha value is -1.89. The van der Waals surface area contributed by atoms with Crippen LogP contribution in [0.3, 0.4) is 0 Å². The van der Waals surface area contributed by atoms with Gasteiger partial charge in [-0.3, -0.25) is 14.4 Å². The molecule has 1 rings (SSSR count). The van der Waals surface area contributed by atoms with E-state index in [0.29, 0.717) is 0 Å². The van der Waals surface area contributed by atoms with Gasteiger partial charge in [0.15, 0.2) is 0 Å². The lowest BCUT2D eigenvalue weighted by Crippen LogP contribution is -2.41. The molecule has 1 aromatic rings. The fraction of sp³-hybridized carbons (Fsp3) is 0.500. The number of amides is 2. The van der Waals surface area contributed by atoms with Crippen LogP contribution >= 0.6 is 11.3 Å². The van der Waals surface area contributed by atoms with Crippen molar-refractivity contribution in [3.05, 3.63) is 22.4 Å². The zero-order valence-corrected chi connectivity index (χ0v) is 13.1. The second-order valence-corrected chi connectivity index (χ2v) is 5.94. The molecule has 0 fully saturated rings. The van der Waals surface area contributed by atoms with Gasteiger partial charge in [0.05, 0.1) is 18.4 Å². The number of thiophene rings is 1. The number of hydrogen-bond donors (Lipinski definition) is 3. The summed E-state index contributed by atoms with van der Waals surface area (Å²) >= 11 is 1.46. The summed E-state index contributed by atoms with van der Waals surface area (Å²) in [6.45, 7) is 4.58. The lowest BCUT2D eigenvalue weighted by atomic mass is 10.0. The van der Waals surface area contributed by atoms with Gasteiger partial charge >= 0.3 is 5.97 Å². The minimum Gasteiger partial charge on any atom is -0.481 e. The molecule has 0 aliphatic rings. The number of carboxylic acid groups (broad SMARTS) is 1. The lowest BCUT2D eigenvalue weighted by Gasteiger charge is -2.20. The normalized spacial score (nSPS) is 14.8. The van der Waals surface area contributed by atoms with E-state index in [4.69, 9.17) is 5.11 Å². The molecule has 1 aromatic heterocycles. The molecule has 0 bridgehead atoms. The van der Waals surface area contributed by atoms with Crippen molar-refractivity contribution in [3.8, 4) is 0 Å². The highest BCUT2D eigenvalue weighted by Gasteiger charge is 2.23. The standard InChI is InChI=1S/C14H20N2O4S/c1-8(14(19)20)9(2)15-13(18)7-11(16-10(3)17)12-5-4-6-21-12/h4-6,8-9,11H,7H2,1-3H3,(H,15,18)(H,16,17)(H,19,20). The van der Waals surface area contributed by atoms with E-state index in [1.165, 1.54) is 25.2 Å². The zero-order chi connectivity index (χ0) is 16.0. The van der Waals surface area contributed by atoms with Gasteiger partial charge in [-0.25, -0.2) is 0 Å². The van der Waals surface area contributed by atoms with E-state index in [1.807, 2.05) is 17.5 Å². The highest BCUT2D eigenvalue weighted by atomic mass is 32.1. The molecule has 0 radical (unpaired) electrons. The van der Waals surface area contributed by atoms with Crippen LogP contribution in [0.15, 0.2) is 17.5 Å². The average Bonchev–Trinajstić information content (AvgIpc) is 2.89. The van der Waals surface area contributed by atoms with Gasteiger partial charge in [0.1, 0.15) is 0 Å². The topological polar surface area (TPSA) is 95.5 Å². The molecule has 0 saturated heterocycles. The molecular weight excluding hydrogens is 292 g/mol. The fourth-order valence-corrected chi connectivity index (χ4v) is 2.57. The summed E-state index contributed by atoms with van der Waals surface area (Å²) < 4.78 is 0. The monoisotopic (exact) mass is 312 g/mol. The number of carbonyl (C=O) groups is 3. The van der Waals surface area contributed by atoms with Crippen LogP contribution in [0, 0.1) is 5.92 Å². The SMILES string of the molecule is CC(=O)NC(CC(=O)NC(C)C(C)C(=O)O)c1cccs1. The van der Waals surface area contributed by atoms with Crippen molar-refractivity contribution >= 4 is 29.1 Å². The molecule has 3 atom stereocenters. The molecule has 7 heteroatoms. The van der Waals surface area contributed by atoms with Gasteiger partial charge in [0.2, 0.25) is 11.8 Å². The molecule has 116 valence electrons. The average molecular weight is 312 g/mol. The second-order valence-electron chi connectivity index (χ2n) is 4.96. The molecule has 2 amide bonds. The molecule has 0 aromatic carbocycles. The molecule has 0 aliphatic carbocycles. The minimum absolute atomic E-state index is 0.0801. The highest BCUT2D eigenvalue weighted by Crippen LogP contribution is 2.22. The first kappa shape index (κ1) is 17.2. The van der Waals surface area contributed by atoms with Crippen molar-refractivity contribution < 1.29 is 19.5 Å². The molecule has 1 heterocycles. The molecule has 0 aliphatic heterocycles. The van der Waals surface area contributed by atoms with E-state index in [9.17, 15) is 14.4 Å². The van der Waals surface area contributed by atoms with Crippen molar-refractivity contribution in [2.75, 3.05) is 0 Å². The number of nitrogens with one attached hydrogen (secondary N) is 2. The van der Waals surface area contributed by atoms with Gasteiger partial charge in [-0.15, -0.1) is 11.3 Å². The van der Waals surface area contributed by atoms with Crippen molar-refractivity contribution in [1.82, 2.24) is 10.6 Å². The van der Waals surface area contributed by atoms with Crippen molar-refractivity contribution in [2.24, 2.45) is 5.92 Å². The van der Waals surface area contributed by atoms with E-state index in [-0.39, 0.29) is 18.2 Å². The van der Waals surface area contributed by atoms with Gasteiger partial charge in [0.25, 0.3) is 0 Å². The van der Waals surface area contributed by atoms with E-state index in [2.05, 4.69) is 10.6 Å². The third kappa shape index (κ3) is 5.55. The third-order valence-electron chi connectivity index (χ3n) is 3.18. The molecule has 3 unspecified atom stereocenters. The Balaban J connectivity index is 2.64. The van der Waals surface area contributed by atoms with Crippen molar-refractivity contribution in [2.45, 2.75) is 39.3 Å². The number of rotatable bonds is 7. The fourth-order valence-electron chi connectivity index (χ4n) is 1.79. The summed E-state index contributed by atoms with van der Waals surface area (Å²) in [4.78, 5) is 35.0. The van der Waals surface area contributed by atoms with Gasteiger partial charge < -0.3 is 15.7 Å². The first-order chi connectivity index (χ1) is 9.81. The minimum atomic E-state index is -0.959. The molecule has 3 N–H and O–H groups in total. The van der Waals surface area contributed by atoms with E-state index < -0.39 is 24.0 Å². The van der Waals surface area contributed by atoms with Crippen LogP contribution in [0.25, 0.3) is 0 Å². The van der Waals surface area contributed by atoms with Crippen LogP contribution in [-0.2, 0) is 14.4 Å². The van der Waals surface area contributed by atoms with E-state index in [0.717, 1.165) is 4.88 Å². The van der Waals surface area contributed by atoms with E-state index in [1.54, 1.807) is 6.92 Å². The Morgan fingerprint density at radius 3 is 2.43 bits per heavy atom. The second kappa shape index (κ2) is 7.78. The summed E-state index contributed by atoms with van der Waals surface area (Å²) in [6, 6.07) is 2.83. The van der Waals surface area contributed by atoms with Crippen LogP contribution < -0.4 is 10.6 Å². The quantitative estimate of drug-likeness (QED) is 0.711. The third-order valence-corrected chi connectivity index (χ3v) is 4.17. The predicted molar refractivity (Wildman–Crippen MR) is 79.9 cm³/mol. The smallest absolute Gasteiger partial charge is 0.308 e. The summed E-state index contributed by atoms with van der Waals surface area (Å²) in [5.74, 6) is -2.13. The van der Waals surface area contributed by atoms with Gasteiger partial charge in [0, 0.05) is 17.8 Å². The Morgan fingerprint density at radius 2 is 1.95 bits per heavy atom. The summed E-state index contributed by atoms with van der Waals surface area (Å²) in [6.07, 6.45) is 0.0801. The van der Waals surface area contributed by atoms with Crippen molar-refractivity contribution in [3.63, 3.8) is 0 Å². The molecule has 21 heavy (non-hydrogen) atoms. The summed E-state index contributed by atoms with van der Waals surface area (Å²) in [7, 11) is 0. The largest absolute Gasteiger partial charge is 0.481 e. The molecule has 0 spiro atoms. The van der Waals surface area contributed by atoms with Crippen LogP contribution in [0.4, 0.5) is 0 Å². The summed E-state index contributed by atoms with van der Waals surface area (Å²) in [5, 5.41) is 16.2. The number of carbonyl (C=O) groups excluding carboxylic acids is 2. The Morgan fingerprint density at radius 1 is 1.29 bits per heavy atom. The maximum absolute atomic E-state index is 12.0. The van der Waals surface area contributed by atoms with Crippen LogP contribution in [0.2, 0.25) is 0 Å². The van der Waals surface area contributed by atoms with Gasteiger partial charge in [-0.2, -0.15) is 0 Å². The number of carboxylic acids is 1. The van der Waals surface area contributed by atoms with Gasteiger partial charge in [-0.1, -0.05) is 6.07 Å².